The summed E-state index contributed by atoms with van der Waals surface area (Å²) in [5.41, 5.74) is 0. The number of methoxy groups -OCH3 is 1. The third-order valence-electron chi connectivity index (χ3n) is 1.32. The number of ketones is 1. The van der Waals surface area contributed by atoms with Gasteiger partial charge >= 0.3 is 0 Å². The van der Waals surface area contributed by atoms with Crippen molar-refractivity contribution in [2.75, 3.05) is 13.7 Å². The standard InChI is InChI=1S/C6H10O2/c1-8-4-6(7)5-2-3-5/h5H,2-4H2,1H3. The van der Waals surface area contributed by atoms with Gasteiger partial charge in [-0.3, -0.25) is 4.79 Å². The van der Waals surface area contributed by atoms with Crippen LogP contribution in [0.15, 0.2) is 0 Å². The highest BCUT2D eigenvalue weighted by molar-refractivity contribution is 5.84. The second-order valence-electron chi connectivity index (χ2n) is 2.17. The first-order chi connectivity index (χ1) is 3.84. The average Bonchev–Trinajstić information content (AvgIpc) is 2.45. The van der Waals surface area contributed by atoms with Gasteiger partial charge in [-0.1, -0.05) is 0 Å². The molecule has 0 unspecified atom stereocenters. The van der Waals surface area contributed by atoms with Crippen molar-refractivity contribution in [3.05, 3.63) is 0 Å². The highest BCUT2D eigenvalue weighted by Gasteiger charge is 2.28. The first-order valence-electron chi connectivity index (χ1n) is 2.86. The molecule has 1 rings (SSSR count). The number of carbonyl (C=O) groups is 1. The molecular formula is C6H10O2. The smallest absolute Gasteiger partial charge is 0.161 e. The largest absolute Gasteiger partial charge is 0.377 e. The molecule has 0 saturated heterocycles. The quantitative estimate of drug-likeness (QED) is 0.537. The highest BCUT2D eigenvalue weighted by atomic mass is 16.5. The van der Waals surface area contributed by atoms with Crippen LogP contribution in [0.25, 0.3) is 0 Å². The van der Waals surface area contributed by atoms with Crippen LogP contribution in [0, 0.1) is 5.92 Å². The van der Waals surface area contributed by atoms with Crippen molar-refractivity contribution in [1.82, 2.24) is 0 Å². The molecule has 0 bridgehead atoms. The molecule has 1 fully saturated rings. The summed E-state index contributed by atoms with van der Waals surface area (Å²) in [5.74, 6) is 0.627. The fourth-order valence-electron chi connectivity index (χ4n) is 0.665. The second kappa shape index (κ2) is 2.27. The van der Waals surface area contributed by atoms with Gasteiger partial charge in [0.1, 0.15) is 6.61 Å². The molecule has 1 aliphatic carbocycles. The molecule has 0 spiro atoms. The van der Waals surface area contributed by atoms with E-state index < -0.39 is 0 Å². The van der Waals surface area contributed by atoms with Gasteiger partial charge in [-0.2, -0.15) is 0 Å². The van der Waals surface area contributed by atoms with Crippen molar-refractivity contribution in [1.29, 1.82) is 0 Å². The molecule has 0 aliphatic heterocycles. The Kier molecular flexibility index (Phi) is 1.63. The zero-order valence-corrected chi connectivity index (χ0v) is 5.02. The number of hydrogen-bond donors (Lipinski definition) is 0. The third kappa shape index (κ3) is 1.30. The number of rotatable bonds is 3. The topological polar surface area (TPSA) is 26.3 Å². The second-order valence-corrected chi connectivity index (χ2v) is 2.17. The summed E-state index contributed by atoms with van der Waals surface area (Å²) in [5, 5.41) is 0. The lowest BCUT2D eigenvalue weighted by Crippen LogP contribution is -2.07. The van der Waals surface area contributed by atoms with E-state index in [1.165, 1.54) is 0 Å². The van der Waals surface area contributed by atoms with Gasteiger partial charge < -0.3 is 4.74 Å². The SMILES string of the molecule is COCC(=O)C1CC1. The predicted molar refractivity (Wildman–Crippen MR) is 29.6 cm³/mol. The molecule has 1 aliphatic rings. The van der Waals surface area contributed by atoms with Crippen LogP contribution in [-0.4, -0.2) is 19.5 Å². The van der Waals surface area contributed by atoms with Crippen LogP contribution in [0.1, 0.15) is 12.8 Å². The summed E-state index contributed by atoms with van der Waals surface area (Å²) < 4.78 is 4.66. The van der Waals surface area contributed by atoms with Crippen LogP contribution in [0.2, 0.25) is 0 Å². The van der Waals surface area contributed by atoms with Crippen LogP contribution in [0.5, 0.6) is 0 Å². The molecule has 8 heavy (non-hydrogen) atoms. The number of Topliss-reactive ketones (excluding diaryl/α,β-unsaturated/α-hetero) is 1. The van der Waals surface area contributed by atoms with Crippen LogP contribution in [-0.2, 0) is 9.53 Å². The van der Waals surface area contributed by atoms with E-state index >= 15 is 0 Å². The van der Waals surface area contributed by atoms with Gasteiger partial charge in [-0.25, -0.2) is 0 Å². The zero-order valence-electron chi connectivity index (χ0n) is 5.02. The summed E-state index contributed by atoms with van der Waals surface area (Å²) in [7, 11) is 1.56. The van der Waals surface area contributed by atoms with Crippen LogP contribution in [0.3, 0.4) is 0 Å². The molecule has 2 heteroatoms. The number of ether oxygens (including phenoxy) is 1. The molecule has 0 aromatic heterocycles. The van der Waals surface area contributed by atoms with E-state index in [0.29, 0.717) is 12.5 Å². The van der Waals surface area contributed by atoms with E-state index in [0.717, 1.165) is 12.8 Å². The van der Waals surface area contributed by atoms with Crippen molar-refractivity contribution in [3.63, 3.8) is 0 Å². The molecule has 0 aromatic rings. The highest BCUT2D eigenvalue weighted by Crippen LogP contribution is 2.29. The van der Waals surface area contributed by atoms with E-state index in [1.807, 2.05) is 0 Å². The average molecular weight is 114 g/mol. The molecule has 0 atom stereocenters. The maximum absolute atomic E-state index is 10.7. The lowest BCUT2D eigenvalue weighted by Gasteiger charge is -1.91. The van der Waals surface area contributed by atoms with Gasteiger partial charge in [0.2, 0.25) is 0 Å². The molecule has 2 nitrogen and oxygen atoms in total. The van der Waals surface area contributed by atoms with Gasteiger partial charge in [0.15, 0.2) is 5.78 Å². The number of hydrogen-bond acceptors (Lipinski definition) is 2. The Hall–Kier alpha value is -0.370. The molecular weight excluding hydrogens is 104 g/mol. The first kappa shape index (κ1) is 5.76. The maximum Gasteiger partial charge on any atom is 0.161 e. The third-order valence-corrected chi connectivity index (χ3v) is 1.32. The lowest BCUT2D eigenvalue weighted by atomic mass is 10.3. The molecule has 0 aromatic carbocycles. The van der Waals surface area contributed by atoms with Crippen molar-refractivity contribution in [2.45, 2.75) is 12.8 Å². The van der Waals surface area contributed by atoms with Crippen molar-refractivity contribution >= 4 is 5.78 Å². The Balaban J connectivity index is 2.13. The Morgan fingerprint density at radius 3 is 2.75 bits per heavy atom. The van der Waals surface area contributed by atoms with Crippen LogP contribution < -0.4 is 0 Å². The minimum Gasteiger partial charge on any atom is -0.377 e. The fraction of sp³-hybridized carbons (Fsp3) is 0.833. The fourth-order valence-corrected chi connectivity index (χ4v) is 0.665. The molecule has 0 radical (unpaired) electrons. The van der Waals surface area contributed by atoms with Crippen molar-refractivity contribution in [3.8, 4) is 0 Å². The predicted octanol–water partition coefficient (Wildman–Crippen LogP) is 0.612. The zero-order chi connectivity index (χ0) is 5.98. The van der Waals surface area contributed by atoms with E-state index in [2.05, 4.69) is 4.74 Å². The number of carbonyl (C=O) groups excluding carboxylic acids is 1. The summed E-state index contributed by atoms with van der Waals surface area (Å²) in [6, 6.07) is 0. The Bertz CT molecular complexity index is 94.7. The summed E-state index contributed by atoms with van der Waals surface area (Å²) in [6.07, 6.45) is 2.17. The summed E-state index contributed by atoms with van der Waals surface area (Å²) in [4.78, 5) is 10.7. The Morgan fingerprint density at radius 2 is 2.38 bits per heavy atom. The molecule has 46 valence electrons. The van der Waals surface area contributed by atoms with Crippen molar-refractivity contribution < 1.29 is 9.53 Å². The minimum absolute atomic E-state index is 0.271. The molecule has 1 saturated carbocycles. The van der Waals surface area contributed by atoms with Crippen LogP contribution in [0.4, 0.5) is 0 Å². The molecule has 0 amide bonds. The van der Waals surface area contributed by atoms with Gasteiger partial charge in [0, 0.05) is 13.0 Å². The minimum atomic E-state index is 0.271. The Morgan fingerprint density at radius 1 is 1.75 bits per heavy atom. The molecule has 0 heterocycles. The van der Waals surface area contributed by atoms with Gasteiger partial charge in [0.25, 0.3) is 0 Å². The normalized spacial score (nSPS) is 18.6. The van der Waals surface area contributed by atoms with Gasteiger partial charge in [-0.15, -0.1) is 0 Å². The van der Waals surface area contributed by atoms with Gasteiger partial charge in [-0.05, 0) is 12.8 Å². The lowest BCUT2D eigenvalue weighted by molar-refractivity contribution is -0.123. The van der Waals surface area contributed by atoms with E-state index in [-0.39, 0.29) is 5.78 Å². The monoisotopic (exact) mass is 114 g/mol. The van der Waals surface area contributed by atoms with E-state index in [9.17, 15) is 4.79 Å². The first-order valence-corrected chi connectivity index (χ1v) is 2.86. The molecule has 0 N–H and O–H groups in total. The van der Waals surface area contributed by atoms with Crippen LogP contribution >= 0.6 is 0 Å². The van der Waals surface area contributed by atoms with Crippen molar-refractivity contribution in [2.24, 2.45) is 5.92 Å². The van der Waals surface area contributed by atoms with E-state index in [4.69, 9.17) is 0 Å². The van der Waals surface area contributed by atoms with Gasteiger partial charge in [0.05, 0.1) is 0 Å². The Labute approximate surface area is 48.8 Å². The summed E-state index contributed by atoms with van der Waals surface area (Å²) >= 11 is 0. The maximum atomic E-state index is 10.7. The van der Waals surface area contributed by atoms with E-state index in [1.54, 1.807) is 7.11 Å². The summed E-state index contributed by atoms with van der Waals surface area (Å²) in [6.45, 7) is 0.310.